The minimum absolute atomic E-state index is 0.514. The van der Waals surface area contributed by atoms with E-state index < -0.39 is 5.79 Å². The number of nitrogens with zero attached hydrogens (tertiary/aromatic N) is 1. The van der Waals surface area contributed by atoms with Gasteiger partial charge < -0.3 is 20.7 Å². The van der Waals surface area contributed by atoms with Crippen LogP contribution < -0.4 is 26.4 Å². The highest BCUT2D eigenvalue weighted by atomic mass is 16.5. The summed E-state index contributed by atoms with van der Waals surface area (Å²) in [4.78, 5) is 4.29. The Labute approximate surface area is 155 Å². The van der Waals surface area contributed by atoms with Gasteiger partial charge in [-0.2, -0.15) is 0 Å². The minimum Gasteiger partial charge on any atom is -0.493 e. The number of allylic oxidation sites excluding steroid dienone is 1. The summed E-state index contributed by atoms with van der Waals surface area (Å²) in [5.74, 6) is 1.54. The molecule has 6 heteroatoms. The lowest BCUT2D eigenvalue weighted by Crippen LogP contribution is -2.64. The van der Waals surface area contributed by atoms with E-state index in [9.17, 15) is 0 Å². The van der Waals surface area contributed by atoms with Crippen molar-refractivity contribution in [2.24, 2.45) is 10.7 Å². The number of nitrogens with two attached hydrogens (primary N) is 1. The number of fused-ring (bicyclic) bond motifs is 1. The van der Waals surface area contributed by atoms with Crippen molar-refractivity contribution in [3.63, 3.8) is 0 Å². The molecule has 1 fully saturated rings. The van der Waals surface area contributed by atoms with E-state index in [2.05, 4.69) is 33.1 Å². The van der Waals surface area contributed by atoms with E-state index in [1.165, 1.54) is 24.0 Å². The van der Waals surface area contributed by atoms with Crippen LogP contribution in [0.4, 0.5) is 0 Å². The lowest BCUT2D eigenvalue weighted by atomic mass is 9.87. The second kappa shape index (κ2) is 6.93. The van der Waals surface area contributed by atoms with Crippen molar-refractivity contribution in [3.8, 4) is 5.75 Å². The summed E-state index contributed by atoms with van der Waals surface area (Å²) in [5, 5.41) is 10.3. The highest BCUT2D eigenvalue weighted by Gasteiger charge is 2.34. The number of hydrogen-bond acceptors (Lipinski definition) is 5. The van der Waals surface area contributed by atoms with E-state index in [1.54, 1.807) is 7.05 Å². The molecule has 140 valence electrons. The van der Waals surface area contributed by atoms with Gasteiger partial charge >= 0.3 is 0 Å². The Morgan fingerprint density at radius 3 is 2.96 bits per heavy atom. The van der Waals surface area contributed by atoms with Crippen molar-refractivity contribution >= 4 is 5.84 Å². The van der Waals surface area contributed by atoms with Crippen LogP contribution in [-0.2, 0) is 12.2 Å². The van der Waals surface area contributed by atoms with Crippen molar-refractivity contribution in [1.82, 2.24) is 16.0 Å². The van der Waals surface area contributed by atoms with Crippen molar-refractivity contribution in [2.45, 2.75) is 44.3 Å². The van der Waals surface area contributed by atoms with E-state index in [-0.39, 0.29) is 0 Å². The monoisotopic (exact) mass is 355 g/mol. The van der Waals surface area contributed by atoms with Gasteiger partial charge in [-0.1, -0.05) is 0 Å². The normalized spacial score (nSPS) is 29.9. The molecule has 3 aliphatic heterocycles. The van der Waals surface area contributed by atoms with E-state index in [4.69, 9.17) is 10.5 Å². The Kier molecular flexibility index (Phi) is 4.63. The number of aliphatic imine (C=N–C) groups is 1. The molecular formula is C20H29N5O. The van der Waals surface area contributed by atoms with E-state index in [0.29, 0.717) is 5.92 Å². The van der Waals surface area contributed by atoms with Gasteiger partial charge in [-0.3, -0.25) is 10.7 Å². The number of amidine groups is 1. The maximum absolute atomic E-state index is 6.76. The van der Waals surface area contributed by atoms with Crippen LogP contribution in [-0.4, -0.2) is 32.6 Å². The number of rotatable bonds is 2. The first kappa shape index (κ1) is 17.4. The standard InChI is InChI=1S/C20H29N5O/c1-13-10-18(22-2)25-20(21,24-13)16-11-15-6-9-26-19(15)17(12-16)14-4-3-7-23-8-5-14/h10-12,14,23-24H,3-9,21H2,1-2H3,(H,22,25). The van der Waals surface area contributed by atoms with E-state index in [1.807, 2.05) is 13.0 Å². The molecule has 0 bridgehead atoms. The van der Waals surface area contributed by atoms with Crippen molar-refractivity contribution in [1.29, 1.82) is 0 Å². The summed E-state index contributed by atoms with van der Waals surface area (Å²) < 4.78 is 6.03. The fraction of sp³-hybridized carbons (Fsp3) is 0.550. The summed E-state index contributed by atoms with van der Waals surface area (Å²) in [5.41, 5.74) is 11.4. The van der Waals surface area contributed by atoms with Gasteiger partial charge in [-0.05, 0) is 74.5 Å². The van der Waals surface area contributed by atoms with E-state index >= 15 is 0 Å². The van der Waals surface area contributed by atoms with Gasteiger partial charge in [0.1, 0.15) is 11.6 Å². The molecule has 0 radical (unpaired) electrons. The summed E-state index contributed by atoms with van der Waals surface area (Å²) in [6, 6.07) is 4.43. The summed E-state index contributed by atoms with van der Waals surface area (Å²) >= 11 is 0. The first-order valence-electron chi connectivity index (χ1n) is 9.60. The van der Waals surface area contributed by atoms with Crippen LogP contribution in [0.1, 0.15) is 48.8 Å². The molecular weight excluding hydrogens is 326 g/mol. The fourth-order valence-corrected chi connectivity index (χ4v) is 4.29. The molecule has 0 saturated carbocycles. The molecule has 0 aromatic heterocycles. The second-order valence-electron chi connectivity index (χ2n) is 7.52. The second-order valence-corrected chi connectivity index (χ2v) is 7.52. The zero-order valence-electron chi connectivity index (χ0n) is 15.7. The first-order chi connectivity index (χ1) is 12.6. The third-order valence-electron chi connectivity index (χ3n) is 5.60. The number of benzene rings is 1. The van der Waals surface area contributed by atoms with Crippen LogP contribution in [0.2, 0.25) is 0 Å². The topological polar surface area (TPSA) is 83.7 Å². The summed E-state index contributed by atoms with van der Waals surface area (Å²) in [6.45, 7) is 4.93. The molecule has 5 N–H and O–H groups in total. The number of nitrogens with one attached hydrogen (secondary N) is 3. The molecule has 1 saturated heterocycles. The predicted molar refractivity (Wildman–Crippen MR) is 104 cm³/mol. The zero-order chi connectivity index (χ0) is 18.1. The lowest BCUT2D eigenvalue weighted by Gasteiger charge is -2.38. The number of hydrogen-bond donors (Lipinski definition) is 4. The molecule has 1 aromatic carbocycles. The van der Waals surface area contributed by atoms with E-state index in [0.717, 1.165) is 55.4 Å². The lowest BCUT2D eigenvalue weighted by molar-refractivity contribution is 0.337. The first-order valence-corrected chi connectivity index (χ1v) is 9.60. The molecule has 4 rings (SSSR count). The van der Waals surface area contributed by atoms with Crippen LogP contribution in [0, 0.1) is 0 Å². The van der Waals surface area contributed by atoms with Crippen molar-refractivity contribution < 1.29 is 4.74 Å². The molecule has 0 aliphatic carbocycles. The van der Waals surface area contributed by atoms with Crippen LogP contribution >= 0.6 is 0 Å². The molecule has 26 heavy (non-hydrogen) atoms. The molecule has 0 amide bonds. The van der Waals surface area contributed by atoms with Gasteiger partial charge in [-0.25, -0.2) is 0 Å². The molecule has 3 heterocycles. The minimum atomic E-state index is -0.858. The third-order valence-corrected chi connectivity index (χ3v) is 5.60. The Bertz CT molecular complexity index is 749. The van der Waals surface area contributed by atoms with Crippen LogP contribution in [0.15, 0.2) is 28.9 Å². The molecule has 3 aliphatic rings. The maximum Gasteiger partial charge on any atom is 0.190 e. The van der Waals surface area contributed by atoms with Gasteiger partial charge in [0.2, 0.25) is 0 Å². The Morgan fingerprint density at radius 1 is 1.23 bits per heavy atom. The maximum atomic E-state index is 6.76. The van der Waals surface area contributed by atoms with Gasteiger partial charge in [-0.15, -0.1) is 0 Å². The number of ether oxygens (including phenoxy) is 1. The molecule has 0 spiro atoms. The average Bonchev–Trinajstić information content (AvgIpc) is 2.93. The largest absolute Gasteiger partial charge is 0.493 e. The predicted octanol–water partition coefficient (Wildman–Crippen LogP) is 1.67. The average molecular weight is 355 g/mol. The van der Waals surface area contributed by atoms with Crippen LogP contribution in [0.25, 0.3) is 0 Å². The summed E-state index contributed by atoms with van der Waals surface area (Å²) in [6.07, 6.45) is 6.44. The van der Waals surface area contributed by atoms with Gasteiger partial charge in [0, 0.05) is 24.7 Å². The zero-order valence-corrected chi connectivity index (χ0v) is 15.7. The van der Waals surface area contributed by atoms with Crippen LogP contribution in [0.3, 0.4) is 0 Å². The van der Waals surface area contributed by atoms with Crippen LogP contribution in [0.5, 0.6) is 5.75 Å². The van der Waals surface area contributed by atoms with Crippen molar-refractivity contribution in [2.75, 3.05) is 26.7 Å². The highest BCUT2D eigenvalue weighted by Crippen LogP contribution is 2.40. The summed E-state index contributed by atoms with van der Waals surface area (Å²) in [7, 11) is 1.78. The van der Waals surface area contributed by atoms with Gasteiger partial charge in [0.05, 0.1) is 6.61 Å². The molecule has 2 unspecified atom stereocenters. The molecule has 1 aromatic rings. The SMILES string of the molecule is CN=C1C=C(C)NC(N)(c2cc3c(c(C4CCCNCC4)c2)OCC3)N1. The highest BCUT2D eigenvalue weighted by molar-refractivity contribution is 5.94. The quantitative estimate of drug-likeness (QED) is 0.649. The molecule has 2 atom stereocenters. The smallest absolute Gasteiger partial charge is 0.190 e. The third kappa shape index (κ3) is 3.19. The van der Waals surface area contributed by atoms with Gasteiger partial charge in [0.15, 0.2) is 5.79 Å². The molecule has 6 nitrogen and oxygen atoms in total. The fourth-order valence-electron chi connectivity index (χ4n) is 4.29. The Hall–Kier alpha value is -2.05. The van der Waals surface area contributed by atoms with Gasteiger partial charge in [0.25, 0.3) is 0 Å². The Balaban J connectivity index is 1.76. The Morgan fingerprint density at radius 2 is 2.12 bits per heavy atom. The van der Waals surface area contributed by atoms with Crippen molar-refractivity contribution in [3.05, 3.63) is 40.6 Å².